The van der Waals surface area contributed by atoms with E-state index in [1.807, 2.05) is 24.0 Å². The number of benzene rings is 1. The first-order chi connectivity index (χ1) is 9.29. The lowest BCUT2D eigenvalue weighted by molar-refractivity contribution is 0.155. The van der Waals surface area contributed by atoms with Gasteiger partial charge in [-0.05, 0) is 17.9 Å². The van der Waals surface area contributed by atoms with Crippen molar-refractivity contribution in [3.05, 3.63) is 28.8 Å². The second-order valence-corrected chi connectivity index (χ2v) is 6.29. The molecule has 0 aliphatic heterocycles. The monoisotopic (exact) mass is 281 g/mol. The largest absolute Gasteiger partial charge is 0.507 e. The Morgan fingerprint density at radius 2 is 1.60 bits per heavy atom. The first-order valence-corrected chi connectivity index (χ1v) is 7.06. The number of phenolic OH excluding ortho intramolecular Hbond substituents is 1. The van der Waals surface area contributed by atoms with Crippen molar-refractivity contribution in [3.63, 3.8) is 0 Å². The zero-order chi connectivity index (χ0) is 15.3. The molecule has 4 nitrogen and oxygen atoms in total. The minimum atomic E-state index is -0.121. The normalized spacial score (nSPS) is 12.2. The van der Waals surface area contributed by atoms with Crippen molar-refractivity contribution in [3.8, 4) is 5.75 Å². The minimum Gasteiger partial charge on any atom is -0.507 e. The molecule has 0 aromatic heterocycles. The van der Waals surface area contributed by atoms with Crippen molar-refractivity contribution in [1.29, 1.82) is 0 Å². The summed E-state index contributed by atoms with van der Waals surface area (Å²) in [4.78, 5) is 1.93. The summed E-state index contributed by atoms with van der Waals surface area (Å²) in [6, 6.07) is 3.98. The molecule has 0 amide bonds. The van der Waals surface area contributed by atoms with Crippen LogP contribution in [-0.4, -0.2) is 46.5 Å². The quantitative estimate of drug-likeness (QED) is 0.744. The molecule has 1 rings (SSSR count). The van der Waals surface area contributed by atoms with Gasteiger partial charge in [0.05, 0.1) is 13.2 Å². The first-order valence-electron chi connectivity index (χ1n) is 7.06. The van der Waals surface area contributed by atoms with E-state index in [4.69, 9.17) is 10.2 Å². The van der Waals surface area contributed by atoms with Gasteiger partial charge < -0.3 is 15.3 Å². The van der Waals surface area contributed by atoms with Crippen molar-refractivity contribution < 1.29 is 15.3 Å². The summed E-state index contributed by atoms with van der Waals surface area (Å²) in [5, 5.41) is 28.6. The second kappa shape index (κ2) is 7.07. The maximum absolute atomic E-state index is 10.5. The number of aliphatic hydroxyl groups is 2. The molecule has 3 N–H and O–H groups in total. The highest BCUT2D eigenvalue weighted by Crippen LogP contribution is 2.34. The Morgan fingerprint density at radius 3 is 2.05 bits per heavy atom. The lowest BCUT2D eigenvalue weighted by Gasteiger charge is -2.25. The van der Waals surface area contributed by atoms with E-state index in [0.717, 1.165) is 16.7 Å². The van der Waals surface area contributed by atoms with E-state index in [0.29, 0.717) is 25.4 Å². The zero-order valence-electron chi connectivity index (χ0n) is 13.0. The number of rotatable bonds is 6. The molecule has 0 spiro atoms. The van der Waals surface area contributed by atoms with Crippen LogP contribution in [0.25, 0.3) is 0 Å². The molecule has 0 heterocycles. The van der Waals surface area contributed by atoms with E-state index in [9.17, 15) is 5.11 Å². The van der Waals surface area contributed by atoms with E-state index >= 15 is 0 Å². The van der Waals surface area contributed by atoms with Crippen LogP contribution in [0.4, 0.5) is 0 Å². The summed E-state index contributed by atoms with van der Waals surface area (Å²) < 4.78 is 0. The average molecular weight is 281 g/mol. The highest BCUT2D eigenvalue weighted by atomic mass is 16.3. The van der Waals surface area contributed by atoms with Gasteiger partial charge in [0.15, 0.2) is 0 Å². The highest BCUT2D eigenvalue weighted by Gasteiger charge is 2.21. The maximum atomic E-state index is 10.5. The highest BCUT2D eigenvalue weighted by molar-refractivity contribution is 5.46. The van der Waals surface area contributed by atoms with Gasteiger partial charge in [0.25, 0.3) is 0 Å². The summed E-state index contributed by atoms with van der Waals surface area (Å²) in [6.07, 6.45) is 0. The number of aromatic hydroxyl groups is 1. The van der Waals surface area contributed by atoms with Gasteiger partial charge in [0.1, 0.15) is 5.75 Å². The molecule has 0 saturated heterocycles. The fourth-order valence-electron chi connectivity index (χ4n) is 2.34. The van der Waals surface area contributed by atoms with Crippen LogP contribution in [-0.2, 0) is 12.0 Å². The van der Waals surface area contributed by atoms with Crippen LogP contribution in [0.1, 0.15) is 37.5 Å². The molecular formula is C16H27NO3. The molecule has 0 saturated carbocycles. The summed E-state index contributed by atoms with van der Waals surface area (Å²) in [6.45, 7) is 9.81. The smallest absolute Gasteiger partial charge is 0.123 e. The van der Waals surface area contributed by atoms with Crippen LogP contribution >= 0.6 is 0 Å². The van der Waals surface area contributed by atoms with Gasteiger partial charge in [-0.15, -0.1) is 0 Å². The van der Waals surface area contributed by atoms with Gasteiger partial charge in [-0.1, -0.05) is 38.5 Å². The molecule has 0 bridgehead atoms. The molecule has 4 heteroatoms. The number of hydrogen-bond acceptors (Lipinski definition) is 4. The molecule has 0 fully saturated rings. The van der Waals surface area contributed by atoms with Crippen LogP contribution in [0.3, 0.4) is 0 Å². The average Bonchev–Trinajstić information content (AvgIpc) is 2.32. The second-order valence-electron chi connectivity index (χ2n) is 6.29. The SMILES string of the molecule is Cc1cc(CN(CCO)CCO)c(O)c(C(C)(C)C)c1. The standard InChI is InChI=1S/C16H27NO3/c1-12-9-13(11-17(5-7-18)6-8-19)15(20)14(10-12)16(2,3)4/h9-10,18-20H,5-8,11H2,1-4H3. The molecule has 1 aromatic rings. The Kier molecular flexibility index (Phi) is 5.99. The predicted octanol–water partition coefficient (Wildman–Crippen LogP) is 1.78. The lowest BCUT2D eigenvalue weighted by Crippen LogP contribution is -2.29. The van der Waals surface area contributed by atoms with Crippen molar-refractivity contribution in [1.82, 2.24) is 4.90 Å². The van der Waals surface area contributed by atoms with Gasteiger partial charge >= 0.3 is 0 Å². The van der Waals surface area contributed by atoms with Crippen molar-refractivity contribution in [2.45, 2.75) is 39.7 Å². The van der Waals surface area contributed by atoms with Gasteiger partial charge in [0, 0.05) is 25.2 Å². The maximum Gasteiger partial charge on any atom is 0.123 e. The molecule has 0 unspecified atom stereocenters. The molecule has 0 atom stereocenters. The lowest BCUT2D eigenvalue weighted by atomic mass is 9.84. The Balaban J connectivity index is 3.08. The van der Waals surface area contributed by atoms with Gasteiger partial charge in [0.2, 0.25) is 0 Å². The topological polar surface area (TPSA) is 63.9 Å². The number of nitrogens with zero attached hydrogens (tertiary/aromatic N) is 1. The third kappa shape index (κ3) is 4.47. The fraction of sp³-hybridized carbons (Fsp3) is 0.625. The summed E-state index contributed by atoms with van der Waals surface area (Å²) in [7, 11) is 0. The van der Waals surface area contributed by atoms with Gasteiger partial charge in [-0.25, -0.2) is 0 Å². The number of aryl methyl sites for hydroxylation is 1. The van der Waals surface area contributed by atoms with Crippen molar-refractivity contribution in [2.75, 3.05) is 26.3 Å². The van der Waals surface area contributed by atoms with E-state index in [2.05, 4.69) is 20.8 Å². The Morgan fingerprint density at radius 1 is 1.05 bits per heavy atom. The van der Waals surface area contributed by atoms with E-state index < -0.39 is 0 Å². The molecule has 1 aromatic carbocycles. The third-order valence-corrected chi connectivity index (χ3v) is 3.37. The predicted molar refractivity (Wildman–Crippen MR) is 81.0 cm³/mol. The molecule has 0 aliphatic carbocycles. The summed E-state index contributed by atoms with van der Waals surface area (Å²) in [5.74, 6) is 0.323. The van der Waals surface area contributed by atoms with E-state index in [1.54, 1.807) is 0 Å². The number of aliphatic hydroxyl groups excluding tert-OH is 2. The van der Waals surface area contributed by atoms with Crippen LogP contribution in [0.15, 0.2) is 12.1 Å². The molecule has 0 aliphatic rings. The van der Waals surface area contributed by atoms with Crippen LogP contribution in [0.5, 0.6) is 5.75 Å². The van der Waals surface area contributed by atoms with E-state index in [1.165, 1.54) is 0 Å². The molecule has 114 valence electrons. The number of phenols is 1. The van der Waals surface area contributed by atoms with Crippen LogP contribution < -0.4 is 0 Å². The zero-order valence-corrected chi connectivity index (χ0v) is 13.0. The Hall–Kier alpha value is -1.10. The Labute approximate surface area is 121 Å². The van der Waals surface area contributed by atoms with Gasteiger partial charge in [-0.2, -0.15) is 0 Å². The van der Waals surface area contributed by atoms with Gasteiger partial charge in [-0.3, -0.25) is 4.90 Å². The summed E-state index contributed by atoms with van der Waals surface area (Å²) >= 11 is 0. The first kappa shape index (κ1) is 17.0. The fourth-order valence-corrected chi connectivity index (χ4v) is 2.34. The van der Waals surface area contributed by atoms with Crippen LogP contribution in [0, 0.1) is 6.92 Å². The van der Waals surface area contributed by atoms with Crippen molar-refractivity contribution >= 4 is 0 Å². The van der Waals surface area contributed by atoms with E-state index in [-0.39, 0.29) is 18.6 Å². The summed E-state index contributed by atoms with van der Waals surface area (Å²) in [5.41, 5.74) is 2.76. The minimum absolute atomic E-state index is 0.0404. The third-order valence-electron chi connectivity index (χ3n) is 3.37. The number of hydrogen-bond donors (Lipinski definition) is 3. The molecule has 0 radical (unpaired) electrons. The molecule has 20 heavy (non-hydrogen) atoms. The van der Waals surface area contributed by atoms with Crippen LogP contribution in [0.2, 0.25) is 0 Å². The van der Waals surface area contributed by atoms with Crippen molar-refractivity contribution in [2.24, 2.45) is 0 Å². The molecular weight excluding hydrogens is 254 g/mol. The Bertz CT molecular complexity index is 432.